The normalized spacial score (nSPS) is 13.0. The molecule has 1 aromatic carbocycles. The molecule has 1 atom stereocenters. The van der Waals surface area contributed by atoms with Gasteiger partial charge in [0, 0.05) is 17.2 Å². The molecule has 0 aliphatic heterocycles. The van der Waals surface area contributed by atoms with Gasteiger partial charge in [-0.2, -0.15) is 0 Å². The van der Waals surface area contributed by atoms with Gasteiger partial charge >= 0.3 is 6.03 Å². The molecule has 0 aliphatic carbocycles. The Hall–Kier alpha value is 0.420. The Labute approximate surface area is 144 Å². The van der Waals surface area contributed by atoms with Crippen molar-refractivity contribution in [2.75, 3.05) is 12.4 Å². The lowest BCUT2D eigenvalue weighted by Gasteiger charge is -2.28. The highest BCUT2D eigenvalue weighted by Gasteiger charge is 2.36. The van der Waals surface area contributed by atoms with Crippen LogP contribution in [0, 0.1) is 0 Å². The topological polar surface area (TPSA) is 32.3 Å². The lowest BCUT2D eigenvalue weighted by atomic mass is 10.3. The molecular weight excluding hydrogens is 421 g/mol. The van der Waals surface area contributed by atoms with Gasteiger partial charge in [0.25, 0.3) is 0 Å². The Morgan fingerprint density at radius 3 is 2.47 bits per heavy atom. The highest BCUT2D eigenvalue weighted by molar-refractivity contribution is 9.10. The number of amides is 2. The average molecular weight is 429 g/mol. The zero-order valence-electron chi connectivity index (χ0n) is 9.43. The Kier molecular flexibility index (Phi) is 6.36. The van der Waals surface area contributed by atoms with Gasteiger partial charge in [0.2, 0.25) is 3.79 Å². The second-order valence-corrected chi connectivity index (χ2v) is 7.59. The van der Waals surface area contributed by atoms with Crippen molar-refractivity contribution in [2.45, 2.75) is 9.29 Å². The number of hydrogen-bond donors (Lipinski definition) is 1. The van der Waals surface area contributed by atoms with E-state index in [4.69, 9.17) is 58.0 Å². The Bertz CT molecular complexity index is 479. The molecule has 106 valence electrons. The first-order valence-electron chi connectivity index (χ1n) is 4.82. The first-order chi connectivity index (χ1) is 8.62. The molecule has 1 unspecified atom stereocenters. The van der Waals surface area contributed by atoms with Gasteiger partial charge in [-0.3, -0.25) is 0 Å². The van der Waals surface area contributed by atoms with Gasteiger partial charge < -0.3 is 10.2 Å². The van der Waals surface area contributed by atoms with Crippen LogP contribution in [0.5, 0.6) is 0 Å². The number of hydrogen-bond acceptors (Lipinski definition) is 1. The van der Waals surface area contributed by atoms with E-state index in [0.29, 0.717) is 10.7 Å². The predicted octanol–water partition coefficient (Wildman–Crippen LogP) is 5.50. The Morgan fingerprint density at radius 1 is 1.42 bits per heavy atom. The molecule has 1 aromatic rings. The molecule has 0 saturated carbocycles. The zero-order valence-corrected chi connectivity index (χ0v) is 14.8. The first kappa shape index (κ1) is 17.5. The van der Waals surface area contributed by atoms with Crippen LogP contribution in [0.4, 0.5) is 10.5 Å². The third-order valence-electron chi connectivity index (χ3n) is 2.10. The quantitative estimate of drug-likeness (QED) is 0.489. The number of urea groups is 1. The van der Waals surface area contributed by atoms with Gasteiger partial charge in [-0.15, -0.1) is 0 Å². The number of nitrogens with one attached hydrogen (secondary N) is 1. The smallest absolute Gasteiger partial charge is 0.308 e. The Morgan fingerprint density at radius 2 is 2.00 bits per heavy atom. The van der Waals surface area contributed by atoms with E-state index in [1.807, 2.05) is 0 Å². The summed E-state index contributed by atoms with van der Waals surface area (Å²) in [5.41, 5.74) is -0.610. The van der Waals surface area contributed by atoms with E-state index in [1.54, 1.807) is 18.2 Å². The molecule has 1 rings (SSSR count). The second-order valence-electron chi connectivity index (χ2n) is 3.55. The van der Waals surface area contributed by atoms with Crippen molar-refractivity contribution in [3.8, 4) is 0 Å². The molecule has 9 heteroatoms. The van der Waals surface area contributed by atoms with Gasteiger partial charge in [-0.1, -0.05) is 58.0 Å². The molecule has 19 heavy (non-hydrogen) atoms. The van der Waals surface area contributed by atoms with E-state index in [0.717, 1.165) is 9.37 Å². The lowest BCUT2D eigenvalue weighted by Crippen LogP contribution is -2.43. The number of halogens is 6. The molecule has 3 nitrogen and oxygen atoms in total. The first-order valence-corrected chi connectivity index (χ1v) is 7.56. The monoisotopic (exact) mass is 426 g/mol. The molecule has 0 spiro atoms. The van der Waals surface area contributed by atoms with Crippen molar-refractivity contribution in [2.24, 2.45) is 0 Å². The minimum atomic E-state index is -1.79. The van der Waals surface area contributed by atoms with Crippen LogP contribution in [0.2, 0.25) is 5.02 Å². The van der Waals surface area contributed by atoms with Crippen molar-refractivity contribution in [1.29, 1.82) is 0 Å². The maximum Gasteiger partial charge on any atom is 0.322 e. The van der Waals surface area contributed by atoms with Crippen molar-refractivity contribution >= 4 is 85.7 Å². The number of alkyl halides is 4. The summed E-state index contributed by atoms with van der Waals surface area (Å²) in [6.45, 7) is 0. The summed E-state index contributed by atoms with van der Waals surface area (Å²) in [6.07, 6.45) is 0. The molecule has 0 aliphatic rings. The number of nitrogens with zero attached hydrogens (tertiary/aromatic N) is 1. The molecule has 0 bridgehead atoms. The molecule has 2 amide bonds. The number of anilines is 1. The van der Waals surface area contributed by atoms with Crippen LogP contribution in [0.15, 0.2) is 22.7 Å². The van der Waals surface area contributed by atoms with Crippen LogP contribution >= 0.6 is 73.9 Å². The fraction of sp³-hybridized carbons (Fsp3) is 0.300. The minimum absolute atomic E-state index is 0.462. The number of carbonyl (C=O) groups is 1. The maximum absolute atomic E-state index is 11.9. The van der Waals surface area contributed by atoms with Crippen molar-refractivity contribution < 1.29 is 4.79 Å². The van der Waals surface area contributed by atoms with E-state index in [9.17, 15) is 4.79 Å². The molecule has 0 heterocycles. The lowest BCUT2D eigenvalue weighted by molar-refractivity contribution is 0.218. The molecule has 0 aromatic heterocycles. The van der Waals surface area contributed by atoms with Crippen LogP contribution in [-0.4, -0.2) is 27.3 Å². The van der Waals surface area contributed by atoms with Crippen molar-refractivity contribution in [3.05, 3.63) is 27.7 Å². The SMILES string of the molecule is CN(C(=O)Nc1ccc(Br)c(Cl)c1)C(Cl)C(Cl)(Cl)Cl. The summed E-state index contributed by atoms with van der Waals surface area (Å²) in [4.78, 5) is 13.0. The van der Waals surface area contributed by atoms with E-state index in [1.165, 1.54) is 7.05 Å². The fourth-order valence-electron chi connectivity index (χ4n) is 1.11. The van der Waals surface area contributed by atoms with Crippen LogP contribution in [0.1, 0.15) is 0 Å². The van der Waals surface area contributed by atoms with E-state index < -0.39 is 15.3 Å². The zero-order chi connectivity index (χ0) is 14.8. The van der Waals surface area contributed by atoms with Crippen LogP contribution < -0.4 is 5.32 Å². The van der Waals surface area contributed by atoms with E-state index in [-0.39, 0.29) is 0 Å². The molecule has 0 fully saturated rings. The van der Waals surface area contributed by atoms with Gasteiger partial charge in [-0.05, 0) is 34.1 Å². The average Bonchev–Trinajstić information content (AvgIpc) is 2.30. The standard InChI is InChI=1S/C10H8BrCl5N2O/c1-18(8(13)10(14,15)16)9(19)17-5-2-3-6(11)7(12)4-5/h2-4,8H,1H3,(H,17,19). The van der Waals surface area contributed by atoms with Gasteiger partial charge in [0.05, 0.1) is 5.02 Å². The summed E-state index contributed by atoms with van der Waals surface area (Å²) in [6, 6.07) is 4.42. The van der Waals surface area contributed by atoms with Crippen LogP contribution in [-0.2, 0) is 0 Å². The predicted molar refractivity (Wildman–Crippen MR) is 85.9 cm³/mol. The van der Waals surface area contributed by atoms with Crippen LogP contribution in [0.3, 0.4) is 0 Å². The number of carbonyl (C=O) groups excluding carboxylic acids is 1. The highest BCUT2D eigenvalue weighted by atomic mass is 79.9. The summed E-state index contributed by atoms with van der Waals surface area (Å²) < 4.78 is -1.07. The van der Waals surface area contributed by atoms with Gasteiger partial charge in [-0.25, -0.2) is 4.79 Å². The Balaban J connectivity index is 2.77. The van der Waals surface area contributed by atoms with Gasteiger partial charge in [0.1, 0.15) is 0 Å². The molecule has 0 saturated heterocycles. The largest absolute Gasteiger partial charge is 0.322 e. The van der Waals surface area contributed by atoms with Crippen molar-refractivity contribution in [1.82, 2.24) is 4.90 Å². The van der Waals surface area contributed by atoms with E-state index >= 15 is 0 Å². The molecule has 0 radical (unpaired) electrons. The maximum atomic E-state index is 11.9. The number of benzene rings is 1. The summed E-state index contributed by atoms with van der Waals surface area (Å²) in [5.74, 6) is 0. The molecule has 1 N–H and O–H groups in total. The molecular formula is C10H8BrCl5N2O. The fourth-order valence-corrected chi connectivity index (χ4v) is 2.06. The van der Waals surface area contributed by atoms with Gasteiger partial charge in [0.15, 0.2) is 5.50 Å². The third-order valence-corrected chi connectivity index (χ3v) is 4.91. The summed E-state index contributed by atoms with van der Waals surface area (Å²) in [5, 5.41) is 3.05. The summed E-state index contributed by atoms with van der Waals surface area (Å²) >= 11 is 31.9. The second kappa shape index (κ2) is 6.92. The summed E-state index contributed by atoms with van der Waals surface area (Å²) in [7, 11) is 1.41. The van der Waals surface area contributed by atoms with Crippen LogP contribution in [0.25, 0.3) is 0 Å². The van der Waals surface area contributed by atoms with E-state index in [2.05, 4.69) is 21.2 Å². The highest BCUT2D eigenvalue weighted by Crippen LogP contribution is 2.35. The number of rotatable bonds is 2. The van der Waals surface area contributed by atoms with Crippen molar-refractivity contribution in [3.63, 3.8) is 0 Å². The third kappa shape index (κ3) is 5.03. The minimum Gasteiger partial charge on any atom is -0.308 e.